The Morgan fingerprint density at radius 3 is 2.33 bits per heavy atom. The zero-order valence-electron chi connectivity index (χ0n) is 15.4. The number of carbonyl (C=O) groups excluding carboxylic acids is 2. The number of methoxy groups -OCH3 is 1. The van der Waals surface area contributed by atoms with Crippen LogP contribution in [0.1, 0.15) is 0 Å². The van der Waals surface area contributed by atoms with Crippen LogP contribution in [0.15, 0.2) is 23.1 Å². The number of pyridine rings is 1. The number of hydrogen-bond donors (Lipinski definition) is 1. The molecule has 27 heavy (non-hydrogen) atoms. The summed E-state index contributed by atoms with van der Waals surface area (Å²) in [5.74, 6) is -0.558. The Balaban J connectivity index is 2.35. The molecule has 0 fully saturated rings. The van der Waals surface area contributed by atoms with E-state index in [-0.39, 0.29) is 38.5 Å². The van der Waals surface area contributed by atoms with Crippen LogP contribution in [-0.4, -0.2) is 82.0 Å². The standard InChI is InChI=1S/C17H26N2O8/c1-24-17(23)13-19-12-15(2-3-16(19)22)18(14-21)4-6-25-8-10-27-11-9-26-7-5-20/h2-3,12,14,20H,4-11,13H2,1H3. The zero-order chi connectivity index (χ0) is 19.9. The Morgan fingerprint density at radius 2 is 1.74 bits per heavy atom. The lowest BCUT2D eigenvalue weighted by molar-refractivity contribution is -0.141. The molecule has 1 aromatic heterocycles. The summed E-state index contributed by atoms with van der Waals surface area (Å²) >= 11 is 0. The minimum absolute atomic E-state index is 0.0173. The number of anilines is 1. The average Bonchev–Trinajstić information content (AvgIpc) is 2.68. The van der Waals surface area contributed by atoms with Crippen LogP contribution in [0, 0.1) is 0 Å². The van der Waals surface area contributed by atoms with Crippen LogP contribution in [0.5, 0.6) is 0 Å². The van der Waals surface area contributed by atoms with Crippen LogP contribution in [0.25, 0.3) is 0 Å². The van der Waals surface area contributed by atoms with Crippen LogP contribution in [-0.2, 0) is 35.1 Å². The SMILES string of the molecule is COC(=O)Cn1cc(N(C=O)CCOCCOCCOCCO)ccc1=O. The number of amides is 1. The number of aliphatic hydroxyl groups is 1. The lowest BCUT2D eigenvalue weighted by atomic mass is 10.3. The molecule has 0 aliphatic carbocycles. The highest BCUT2D eigenvalue weighted by Gasteiger charge is 2.09. The summed E-state index contributed by atoms with van der Waals surface area (Å²) in [6.07, 6.45) is 2.05. The maximum absolute atomic E-state index is 11.8. The summed E-state index contributed by atoms with van der Waals surface area (Å²) in [5.41, 5.74) is 0.0979. The van der Waals surface area contributed by atoms with Crippen LogP contribution < -0.4 is 10.5 Å². The molecule has 0 saturated carbocycles. The first kappa shape index (κ1) is 22.8. The molecule has 0 saturated heterocycles. The van der Waals surface area contributed by atoms with Crippen molar-refractivity contribution in [3.05, 3.63) is 28.7 Å². The van der Waals surface area contributed by atoms with Gasteiger partial charge in [-0.1, -0.05) is 0 Å². The van der Waals surface area contributed by atoms with Gasteiger partial charge in [-0.3, -0.25) is 14.4 Å². The van der Waals surface area contributed by atoms with Gasteiger partial charge in [0.05, 0.1) is 59.0 Å². The van der Waals surface area contributed by atoms with E-state index in [0.717, 1.165) is 0 Å². The van der Waals surface area contributed by atoms with Crippen molar-refractivity contribution in [2.24, 2.45) is 0 Å². The summed E-state index contributed by atoms with van der Waals surface area (Å²) in [7, 11) is 1.23. The number of aromatic nitrogens is 1. The minimum atomic E-state index is -0.558. The summed E-state index contributed by atoms with van der Waals surface area (Å²) < 4.78 is 21.4. The lowest BCUT2D eigenvalue weighted by Crippen LogP contribution is -2.29. The fourth-order valence-electron chi connectivity index (χ4n) is 2.03. The van der Waals surface area contributed by atoms with E-state index < -0.39 is 5.97 Å². The van der Waals surface area contributed by atoms with Crippen LogP contribution >= 0.6 is 0 Å². The topological polar surface area (TPSA) is 117 Å². The van der Waals surface area contributed by atoms with Crippen molar-refractivity contribution in [2.75, 3.05) is 64.8 Å². The Kier molecular flexibility index (Phi) is 11.7. The van der Waals surface area contributed by atoms with Crippen molar-refractivity contribution in [2.45, 2.75) is 6.54 Å². The van der Waals surface area contributed by atoms with E-state index in [1.165, 1.54) is 34.9 Å². The highest BCUT2D eigenvalue weighted by atomic mass is 16.5. The Hall–Kier alpha value is -2.27. The molecule has 1 rings (SSSR count). The largest absolute Gasteiger partial charge is 0.468 e. The molecule has 152 valence electrons. The van der Waals surface area contributed by atoms with Gasteiger partial charge in [0.2, 0.25) is 6.41 Å². The van der Waals surface area contributed by atoms with Gasteiger partial charge in [0, 0.05) is 18.8 Å². The van der Waals surface area contributed by atoms with Gasteiger partial charge in [0.1, 0.15) is 6.54 Å². The highest BCUT2D eigenvalue weighted by Crippen LogP contribution is 2.09. The summed E-state index contributed by atoms with van der Waals surface area (Å²) in [5, 5.41) is 8.54. The van der Waals surface area contributed by atoms with E-state index in [2.05, 4.69) is 4.74 Å². The van der Waals surface area contributed by atoms with Gasteiger partial charge in [-0.25, -0.2) is 0 Å². The van der Waals surface area contributed by atoms with E-state index in [1.54, 1.807) is 0 Å². The van der Waals surface area contributed by atoms with E-state index >= 15 is 0 Å². The smallest absolute Gasteiger partial charge is 0.325 e. The van der Waals surface area contributed by atoms with Crippen molar-refractivity contribution in [1.82, 2.24) is 4.57 Å². The quantitative estimate of drug-likeness (QED) is 0.232. The summed E-state index contributed by atoms with van der Waals surface area (Å²) in [6.45, 7) is 2.14. The molecule has 0 aliphatic heterocycles. The first-order valence-electron chi connectivity index (χ1n) is 8.45. The van der Waals surface area contributed by atoms with E-state index in [4.69, 9.17) is 19.3 Å². The fraction of sp³-hybridized carbons (Fsp3) is 0.588. The third-order valence-corrected chi connectivity index (χ3v) is 3.41. The molecule has 10 heteroatoms. The van der Waals surface area contributed by atoms with Gasteiger partial charge in [0.15, 0.2) is 0 Å². The molecule has 0 spiro atoms. The normalized spacial score (nSPS) is 10.6. The highest BCUT2D eigenvalue weighted by molar-refractivity contribution is 5.74. The number of ether oxygens (including phenoxy) is 4. The van der Waals surface area contributed by atoms with Crippen molar-refractivity contribution in [3.63, 3.8) is 0 Å². The third kappa shape index (κ3) is 9.29. The molecule has 0 atom stereocenters. The van der Waals surface area contributed by atoms with Crippen molar-refractivity contribution < 1.29 is 33.6 Å². The van der Waals surface area contributed by atoms with Crippen molar-refractivity contribution in [1.29, 1.82) is 0 Å². The second-order valence-electron chi connectivity index (χ2n) is 5.29. The maximum Gasteiger partial charge on any atom is 0.325 e. The van der Waals surface area contributed by atoms with Crippen LogP contribution in [0.4, 0.5) is 5.69 Å². The first-order chi connectivity index (χ1) is 13.1. The summed E-state index contributed by atoms with van der Waals surface area (Å²) in [4.78, 5) is 35.8. The van der Waals surface area contributed by atoms with E-state index in [1.807, 2.05) is 0 Å². The van der Waals surface area contributed by atoms with Gasteiger partial charge in [0.25, 0.3) is 5.56 Å². The van der Waals surface area contributed by atoms with E-state index in [9.17, 15) is 14.4 Å². The fourth-order valence-corrected chi connectivity index (χ4v) is 2.03. The van der Waals surface area contributed by atoms with E-state index in [0.29, 0.717) is 38.5 Å². The second-order valence-corrected chi connectivity index (χ2v) is 5.29. The number of rotatable bonds is 15. The molecule has 0 radical (unpaired) electrons. The molecule has 0 aliphatic rings. The molecular weight excluding hydrogens is 360 g/mol. The van der Waals surface area contributed by atoms with Crippen LogP contribution in [0.2, 0.25) is 0 Å². The van der Waals surface area contributed by atoms with Gasteiger partial charge >= 0.3 is 5.97 Å². The predicted octanol–water partition coefficient (Wildman–Crippen LogP) is -0.974. The predicted molar refractivity (Wildman–Crippen MR) is 95.7 cm³/mol. The first-order valence-corrected chi connectivity index (χ1v) is 8.45. The number of carbonyl (C=O) groups is 2. The number of esters is 1. The molecule has 1 amide bonds. The van der Waals surface area contributed by atoms with Crippen LogP contribution in [0.3, 0.4) is 0 Å². The van der Waals surface area contributed by atoms with Gasteiger partial charge in [-0.2, -0.15) is 0 Å². The lowest BCUT2D eigenvalue weighted by Gasteiger charge is -2.18. The Bertz CT molecular complexity index is 619. The number of nitrogens with zero attached hydrogens (tertiary/aromatic N) is 2. The monoisotopic (exact) mass is 386 g/mol. The average molecular weight is 386 g/mol. The van der Waals surface area contributed by atoms with Gasteiger partial charge in [-0.15, -0.1) is 0 Å². The molecule has 0 bridgehead atoms. The third-order valence-electron chi connectivity index (χ3n) is 3.41. The molecular formula is C17H26N2O8. The number of aliphatic hydroxyl groups excluding tert-OH is 1. The Morgan fingerprint density at radius 1 is 1.11 bits per heavy atom. The minimum Gasteiger partial charge on any atom is -0.468 e. The molecule has 1 aromatic rings. The molecule has 10 nitrogen and oxygen atoms in total. The Labute approximate surface area is 157 Å². The van der Waals surface area contributed by atoms with Crippen molar-refractivity contribution in [3.8, 4) is 0 Å². The number of hydrogen-bond acceptors (Lipinski definition) is 8. The van der Waals surface area contributed by atoms with Gasteiger partial charge in [-0.05, 0) is 6.07 Å². The molecule has 1 N–H and O–H groups in total. The molecule has 0 aromatic carbocycles. The second kappa shape index (κ2) is 13.9. The maximum atomic E-state index is 11.8. The summed E-state index contributed by atoms with van der Waals surface area (Å²) in [6, 6.07) is 2.78. The van der Waals surface area contributed by atoms with Crippen molar-refractivity contribution >= 4 is 18.1 Å². The molecule has 1 heterocycles. The molecule has 0 unspecified atom stereocenters. The van der Waals surface area contributed by atoms with Gasteiger partial charge < -0.3 is 33.5 Å². The zero-order valence-corrected chi connectivity index (χ0v) is 15.4.